The number of guanidine groups is 1. The summed E-state index contributed by atoms with van der Waals surface area (Å²) in [6.07, 6.45) is 2.83. The van der Waals surface area contributed by atoms with Crippen LogP contribution in [-0.2, 0) is 10.0 Å². The van der Waals surface area contributed by atoms with Crippen LogP contribution in [0.1, 0.15) is 25.5 Å². The third-order valence-corrected chi connectivity index (χ3v) is 5.48. The van der Waals surface area contributed by atoms with Gasteiger partial charge in [0.1, 0.15) is 4.90 Å². The van der Waals surface area contributed by atoms with Gasteiger partial charge in [0.15, 0.2) is 5.96 Å². The molecule has 146 valence electrons. The molecule has 1 aromatic heterocycles. The van der Waals surface area contributed by atoms with Gasteiger partial charge in [0.2, 0.25) is 10.0 Å². The van der Waals surface area contributed by atoms with Crippen LogP contribution in [-0.4, -0.2) is 39.0 Å². The number of sulfonamides is 1. The first-order valence-corrected chi connectivity index (χ1v) is 10.5. The molecule has 0 fully saturated rings. The molecular weight excluding hydrogens is 386 g/mol. The van der Waals surface area contributed by atoms with E-state index in [4.69, 9.17) is 11.6 Å². The van der Waals surface area contributed by atoms with E-state index >= 15 is 0 Å². The lowest BCUT2D eigenvalue weighted by atomic mass is 10.1. The van der Waals surface area contributed by atoms with Crippen molar-refractivity contribution < 1.29 is 8.42 Å². The van der Waals surface area contributed by atoms with Crippen LogP contribution in [0.4, 0.5) is 0 Å². The number of hydrogen-bond donors (Lipinski definition) is 3. The number of nitrogens with one attached hydrogen (secondary N) is 3. The lowest BCUT2D eigenvalue weighted by Gasteiger charge is -2.19. The molecule has 0 saturated carbocycles. The molecule has 7 nitrogen and oxygen atoms in total. The lowest BCUT2D eigenvalue weighted by molar-refractivity contribution is 0.581. The third kappa shape index (κ3) is 6.50. The van der Waals surface area contributed by atoms with Crippen LogP contribution in [0.25, 0.3) is 0 Å². The Morgan fingerprint density at radius 1 is 1.26 bits per heavy atom. The summed E-state index contributed by atoms with van der Waals surface area (Å²) in [6.45, 7) is 5.09. The summed E-state index contributed by atoms with van der Waals surface area (Å²) in [6, 6.07) is 10.6. The number of hydrogen-bond acceptors (Lipinski definition) is 4. The molecule has 0 bridgehead atoms. The van der Waals surface area contributed by atoms with Crippen LogP contribution < -0.4 is 15.4 Å². The molecule has 0 radical (unpaired) electrons. The Balaban J connectivity index is 1.94. The average molecular weight is 410 g/mol. The lowest BCUT2D eigenvalue weighted by Crippen LogP contribution is -2.39. The van der Waals surface area contributed by atoms with E-state index in [1.807, 2.05) is 38.1 Å². The minimum atomic E-state index is -3.58. The number of aromatic nitrogens is 1. The summed E-state index contributed by atoms with van der Waals surface area (Å²) in [7, 11) is -3.58. The fraction of sp³-hybridized carbons (Fsp3) is 0.333. The molecule has 27 heavy (non-hydrogen) atoms. The zero-order valence-electron chi connectivity index (χ0n) is 15.3. The highest BCUT2D eigenvalue weighted by Gasteiger charge is 2.13. The summed E-state index contributed by atoms with van der Waals surface area (Å²) in [4.78, 5) is 8.37. The molecule has 1 heterocycles. The van der Waals surface area contributed by atoms with Gasteiger partial charge in [-0.3, -0.25) is 9.98 Å². The molecular formula is C18H24ClN5O2S. The van der Waals surface area contributed by atoms with Gasteiger partial charge < -0.3 is 10.6 Å². The zero-order chi connectivity index (χ0) is 19.7. The van der Waals surface area contributed by atoms with Crippen molar-refractivity contribution >= 4 is 27.6 Å². The Morgan fingerprint density at radius 2 is 2.04 bits per heavy atom. The van der Waals surface area contributed by atoms with Gasteiger partial charge in [-0.2, -0.15) is 0 Å². The van der Waals surface area contributed by atoms with Gasteiger partial charge in [-0.05, 0) is 37.6 Å². The molecule has 0 aliphatic heterocycles. The second-order valence-corrected chi connectivity index (χ2v) is 7.91. The smallest absolute Gasteiger partial charge is 0.242 e. The summed E-state index contributed by atoms with van der Waals surface area (Å²) in [5.41, 5.74) is 0.960. The molecule has 3 N–H and O–H groups in total. The van der Waals surface area contributed by atoms with Crippen LogP contribution >= 0.6 is 11.6 Å². The molecule has 0 amide bonds. The van der Waals surface area contributed by atoms with E-state index in [1.165, 1.54) is 18.5 Å². The first kappa shape index (κ1) is 21.1. The maximum Gasteiger partial charge on any atom is 0.242 e. The second-order valence-electron chi connectivity index (χ2n) is 5.73. The monoisotopic (exact) mass is 409 g/mol. The highest BCUT2D eigenvalue weighted by Crippen LogP contribution is 2.21. The zero-order valence-corrected chi connectivity index (χ0v) is 16.9. The van der Waals surface area contributed by atoms with E-state index in [-0.39, 0.29) is 24.0 Å². The van der Waals surface area contributed by atoms with E-state index < -0.39 is 10.0 Å². The maximum atomic E-state index is 12.2. The minimum absolute atomic E-state index is 0.0522. The fourth-order valence-electron chi connectivity index (χ4n) is 2.37. The van der Waals surface area contributed by atoms with E-state index in [0.29, 0.717) is 17.5 Å². The molecule has 9 heteroatoms. The highest BCUT2D eigenvalue weighted by atomic mass is 35.5. The number of aliphatic imine (C=N–C) groups is 1. The average Bonchev–Trinajstić information content (AvgIpc) is 2.66. The normalized spacial score (nSPS) is 13.2. The molecule has 2 aromatic rings. The Bertz CT molecular complexity index is 859. The molecule has 1 aromatic carbocycles. The van der Waals surface area contributed by atoms with Gasteiger partial charge in [0, 0.05) is 30.5 Å². The van der Waals surface area contributed by atoms with Crippen LogP contribution in [0.3, 0.4) is 0 Å². The Labute approximate surface area is 165 Å². The quantitative estimate of drug-likeness (QED) is 0.353. The minimum Gasteiger partial charge on any atom is -0.357 e. The largest absolute Gasteiger partial charge is 0.357 e. The number of halogens is 1. The molecule has 0 spiro atoms. The van der Waals surface area contributed by atoms with Crippen LogP contribution in [0, 0.1) is 0 Å². The molecule has 1 atom stereocenters. The fourth-order valence-corrected chi connectivity index (χ4v) is 3.65. The van der Waals surface area contributed by atoms with Gasteiger partial charge in [0.05, 0.1) is 12.6 Å². The van der Waals surface area contributed by atoms with Gasteiger partial charge in [0.25, 0.3) is 0 Å². The summed E-state index contributed by atoms with van der Waals surface area (Å²) >= 11 is 6.23. The summed E-state index contributed by atoms with van der Waals surface area (Å²) < 4.78 is 26.8. The Kier molecular flexibility index (Phi) is 8.02. The third-order valence-electron chi connectivity index (χ3n) is 3.69. The van der Waals surface area contributed by atoms with E-state index in [0.717, 1.165) is 5.56 Å². The van der Waals surface area contributed by atoms with Crippen LogP contribution in [0.5, 0.6) is 0 Å². The van der Waals surface area contributed by atoms with E-state index in [9.17, 15) is 8.42 Å². The van der Waals surface area contributed by atoms with Crippen molar-refractivity contribution in [2.24, 2.45) is 4.99 Å². The molecule has 2 rings (SSSR count). The van der Waals surface area contributed by atoms with Crippen molar-refractivity contribution in [3.05, 3.63) is 59.4 Å². The second kappa shape index (κ2) is 10.2. The first-order valence-electron chi connectivity index (χ1n) is 8.63. The van der Waals surface area contributed by atoms with Crippen molar-refractivity contribution in [3.63, 3.8) is 0 Å². The molecule has 1 unspecified atom stereocenters. The first-order chi connectivity index (χ1) is 12.9. The molecule has 0 aliphatic carbocycles. The van der Waals surface area contributed by atoms with Crippen molar-refractivity contribution in [1.29, 1.82) is 0 Å². The van der Waals surface area contributed by atoms with Crippen molar-refractivity contribution in [2.45, 2.75) is 24.8 Å². The number of nitrogens with zero attached hydrogens (tertiary/aromatic N) is 2. The predicted octanol–water partition coefficient (Wildman–Crippen LogP) is 2.33. The maximum absolute atomic E-state index is 12.2. The summed E-state index contributed by atoms with van der Waals surface area (Å²) in [5, 5.41) is 7.09. The molecule has 0 saturated heterocycles. The number of rotatable bonds is 8. The number of benzene rings is 1. The van der Waals surface area contributed by atoms with Gasteiger partial charge in [-0.25, -0.2) is 13.1 Å². The van der Waals surface area contributed by atoms with Gasteiger partial charge in [-0.1, -0.05) is 29.8 Å². The topological polar surface area (TPSA) is 95.5 Å². The standard InChI is InChI=1S/C18H24ClN5O2S/c1-3-21-18(24-14(2)16-8-4-5-9-17(16)19)22-11-12-23-27(25,26)15-7-6-10-20-13-15/h4-10,13-14,23H,3,11-12H2,1-2H3,(H2,21,22,24). The van der Waals surface area contributed by atoms with Gasteiger partial charge >= 0.3 is 0 Å². The predicted molar refractivity (Wildman–Crippen MR) is 108 cm³/mol. The SMILES string of the molecule is CCNC(=NCCNS(=O)(=O)c1cccnc1)NC(C)c1ccccc1Cl. The van der Waals surface area contributed by atoms with E-state index in [2.05, 4.69) is 25.3 Å². The van der Waals surface area contributed by atoms with Crippen molar-refractivity contribution in [1.82, 2.24) is 20.3 Å². The molecule has 0 aliphatic rings. The Morgan fingerprint density at radius 3 is 2.70 bits per heavy atom. The van der Waals surface area contributed by atoms with E-state index in [1.54, 1.807) is 6.07 Å². The summed E-state index contributed by atoms with van der Waals surface area (Å²) in [5.74, 6) is 0.588. The van der Waals surface area contributed by atoms with Crippen LogP contribution in [0.2, 0.25) is 5.02 Å². The van der Waals surface area contributed by atoms with Crippen LogP contribution in [0.15, 0.2) is 58.7 Å². The van der Waals surface area contributed by atoms with Crippen molar-refractivity contribution in [2.75, 3.05) is 19.6 Å². The van der Waals surface area contributed by atoms with Crippen molar-refractivity contribution in [3.8, 4) is 0 Å². The van der Waals surface area contributed by atoms with Gasteiger partial charge in [-0.15, -0.1) is 0 Å². The highest BCUT2D eigenvalue weighted by molar-refractivity contribution is 7.89. The number of pyridine rings is 1. The Hall–Kier alpha value is -2.16.